The van der Waals surface area contributed by atoms with Crippen molar-refractivity contribution in [3.8, 4) is 5.88 Å². The number of methoxy groups -OCH3 is 1. The first-order valence-electron chi connectivity index (χ1n) is 7.87. The third-order valence-corrected chi connectivity index (χ3v) is 3.82. The van der Waals surface area contributed by atoms with Crippen molar-refractivity contribution in [1.29, 1.82) is 0 Å². The quantitative estimate of drug-likeness (QED) is 0.869. The number of carbonyl (C=O) groups is 1. The average Bonchev–Trinajstić information content (AvgIpc) is 2.93. The minimum atomic E-state index is -0.386. The van der Waals surface area contributed by atoms with E-state index in [0.717, 1.165) is 19.3 Å². The molecule has 0 bridgehead atoms. The third-order valence-electron chi connectivity index (χ3n) is 3.82. The van der Waals surface area contributed by atoms with E-state index >= 15 is 0 Å². The van der Waals surface area contributed by atoms with Crippen LogP contribution in [0.25, 0.3) is 0 Å². The van der Waals surface area contributed by atoms with Crippen molar-refractivity contribution in [3.05, 3.63) is 24.0 Å². The molecule has 1 unspecified atom stereocenters. The van der Waals surface area contributed by atoms with Crippen LogP contribution < -0.4 is 10.1 Å². The molecule has 1 aliphatic heterocycles. The Balaban J connectivity index is 1.71. The summed E-state index contributed by atoms with van der Waals surface area (Å²) >= 11 is 0. The summed E-state index contributed by atoms with van der Waals surface area (Å²) in [6, 6.07) is 1.27. The molecule has 3 rings (SSSR count). The van der Waals surface area contributed by atoms with Crippen LogP contribution in [0.4, 0.5) is 5.95 Å². The lowest BCUT2D eigenvalue weighted by atomic mass is 10.1. The molecule has 2 aromatic heterocycles. The average molecular weight is 332 g/mol. The van der Waals surface area contributed by atoms with E-state index in [9.17, 15) is 4.79 Å². The second-order valence-electron chi connectivity index (χ2n) is 5.61. The molecule has 0 saturated carbocycles. The van der Waals surface area contributed by atoms with Gasteiger partial charge in [0.25, 0.3) is 0 Å². The molecule has 1 fully saturated rings. The van der Waals surface area contributed by atoms with Crippen molar-refractivity contribution in [3.63, 3.8) is 0 Å². The van der Waals surface area contributed by atoms with Crippen molar-refractivity contribution < 1.29 is 14.1 Å². The van der Waals surface area contributed by atoms with Crippen LogP contribution in [-0.4, -0.2) is 50.6 Å². The van der Waals surface area contributed by atoms with Gasteiger partial charge in [-0.2, -0.15) is 9.97 Å². The molecule has 1 aliphatic rings. The molecule has 3 heterocycles. The summed E-state index contributed by atoms with van der Waals surface area (Å²) in [7, 11) is 1.54. The van der Waals surface area contributed by atoms with E-state index in [1.807, 2.05) is 0 Å². The number of carbonyl (C=O) groups excluding carboxylic acids is 1. The number of anilines is 1. The lowest BCUT2D eigenvalue weighted by Gasteiger charge is -2.23. The normalized spacial score (nSPS) is 18.3. The number of likely N-dealkylation sites (tertiary alicyclic amines) is 1. The van der Waals surface area contributed by atoms with E-state index in [1.54, 1.807) is 24.1 Å². The number of nitrogens with zero attached hydrogens (tertiary/aromatic N) is 5. The van der Waals surface area contributed by atoms with Crippen LogP contribution >= 0.6 is 0 Å². The minimum Gasteiger partial charge on any atom is -0.481 e. The summed E-state index contributed by atoms with van der Waals surface area (Å²) in [4.78, 5) is 27.1. The highest BCUT2D eigenvalue weighted by Gasteiger charge is 2.28. The van der Waals surface area contributed by atoms with Gasteiger partial charge in [-0.05, 0) is 26.2 Å². The number of aromatic nitrogens is 4. The molecule has 1 atom stereocenters. The fourth-order valence-corrected chi connectivity index (χ4v) is 2.64. The molecule has 2 aromatic rings. The predicted molar refractivity (Wildman–Crippen MR) is 84.3 cm³/mol. The Bertz CT molecular complexity index is 704. The molecular formula is C15H20N6O3. The molecule has 1 amide bonds. The first kappa shape index (κ1) is 16.2. The Morgan fingerprint density at radius 1 is 1.42 bits per heavy atom. The second kappa shape index (κ2) is 7.24. The molecule has 9 heteroatoms. The maximum Gasteiger partial charge on any atom is 0.246 e. The summed E-state index contributed by atoms with van der Waals surface area (Å²) in [5.74, 6) is 1.82. The number of ether oxygens (including phenoxy) is 1. The van der Waals surface area contributed by atoms with E-state index < -0.39 is 0 Å². The zero-order chi connectivity index (χ0) is 16.9. The van der Waals surface area contributed by atoms with Gasteiger partial charge in [0.05, 0.1) is 7.11 Å². The van der Waals surface area contributed by atoms with E-state index in [-0.39, 0.29) is 11.9 Å². The lowest BCUT2D eigenvalue weighted by Crippen LogP contribution is -2.41. The molecular weight excluding hydrogens is 312 g/mol. The Morgan fingerprint density at radius 3 is 3.04 bits per heavy atom. The highest BCUT2D eigenvalue weighted by molar-refractivity contribution is 5.84. The molecule has 0 spiro atoms. The Hall–Kier alpha value is -2.71. The van der Waals surface area contributed by atoms with Gasteiger partial charge in [0.2, 0.25) is 23.6 Å². The summed E-state index contributed by atoms with van der Waals surface area (Å²) in [5.41, 5.74) is 0. The van der Waals surface area contributed by atoms with Gasteiger partial charge in [-0.25, -0.2) is 4.98 Å². The molecule has 0 aromatic carbocycles. The standard InChI is InChI=1S/C15H20N6O3/c1-10-17-13(24-20-10)9-21-8-4-3-5-11(14(21)22)18-15-16-7-6-12(19-15)23-2/h6-7,11H,3-5,8-9H2,1-2H3,(H,16,18,19). The van der Waals surface area contributed by atoms with Gasteiger partial charge in [-0.15, -0.1) is 0 Å². The Morgan fingerprint density at radius 2 is 2.29 bits per heavy atom. The monoisotopic (exact) mass is 332 g/mol. The summed E-state index contributed by atoms with van der Waals surface area (Å²) < 4.78 is 10.2. The number of amides is 1. The van der Waals surface area contributed by atoms with Gasteiger partial charge in [-0.3, -0.25) is 4.79 Å². The zero-order valence-electron chi connectivity index (χ0n) is 13.7. The van der Waals surface area contributed by atoms with Crippen LogP contribution in [0.15, 0.2) is 16.8 Å². The van der Waals surface area contributed by atoms with E-state index in [4.69, 9.17) is 9.26 Å². The Labute approximate surface area is 139 Å². The zero-order valence-corrected chi connectivity index (χ0v) is 13.7. The first-order valence-corrected chi connectivity index (χ1v) is 7.87. The second-order valence-corrected chi connectivity index (χ2v) is 5.61. The summed E-state index contributed by atoms with van der Waals surface area (Å²) in [6.45, 7) is 2.73. The maximum absolute atomic E-state index is 12.8. The van der Waals surface area contributed by atoms with Crippen molar-refractivity contribution in [2.75, 3.05) is 19.0 Å². The Kier molecular flexibility index (Phi) is 4.88. The largest absolute Gasteiger partial charge is 0.481 e. The number of hydrogen-bond donors (Lipinski definition) is 1. The van der Waals surface area contributed by atoms with E-state index in [1.165, 1.54) is 7.11 Å². The van der Waals surface area contributed by atoms with Crippen LogP contribution in [0.2, 0.25) is 0 Å². The molecule has 0 radical (unpaired) electrons. The smallest absolute Gasteiger partial charge is 0.246 e. The van der Waals surface area contributed by atoms with Crippen molar-refractivity contribution in [1.82, 2.24) is 25.0 Å². The highest BCUT2D eigenvalue weighted by Crippen LogP contribution is 2.18. The fraction of sp³-hybridized carbons (Fsp3) is 0.533. The van der Waals surface area contributed by atoms with E-state index in [2.05, 4.69) is 25.4 Å². The van der Waals surface area contributed by atoms with Crippen molar-refractivity contribution >= 4 is 11.9 Å². The number of rotatable bonds is 5. The van der Waals surface area contributed by atoms with Crippen LogP contribution in [0.5, 0.6) is 5.88 Å². The van der Waals surface area contributed by atoms with Crippen molar-refractivity contribution in [2.24, 2.45) is 0 Å². The molecule has 0 aliphatic carbocycles. The van der Waals surface area contributed by atoms with Gasteiger partial charge in [0.15, 0.2) is 5.82 Å². The van der Waals surface area contributed by atoms with Crippen LogP contribution in [0.1, 0.15) is 31.0 Å². The predicted octanol–water partition coefficient (Wildman–Crippen LogP) is 1.17. The topological polar surface area (TPSA) is 106 Å². The van der Waals surface area contributed by atoms with Gasteiger partial charge in [0.1, 0.15) is 12.6 Å². The SMILES string of the molecule is COc1ccnc(NC2CCCCN(Cc3nc(C)no3)C2=O)n1. The minimum absolute atomic E-state index is 0.0187. The van der Waals surface area contributed by atoms with Crippen LogP contribution in [0, 0.1) is 6.92 Å². The van der Waals surface area contributed by atoms with Gasteiger partial charge in [0, 0.05) is 18.8 Å². The summed E-state index contributed by atoms with van der Waals surface area (Å²) in [5, 5.41) is 6.87. The summed E-state index contributed by atoms with van der Waals surface area (Å²) in [6.07, 6.45) is 4.18. The maximum atomic E-state index is 12.8. The number of nitrogens with one attached hydrogen (secondary N) is 1. The molecule has 1 N–H and O–H groups in total. The van der Waals surface area contributed by atoms with Gasteiger partial charge < -0.3 is 19.5 Å². The molecule has 128 valence electrons. The number of hydrogen-bond acceptors (Lipinski definition) is 8. The lowest BCUT2D eigenvalue weighted by molar-refractivity contribution is -0.132. The third kappa shape index (κ3) is 3.79. The fourth-order valence-electron chi connectivity index (χ4n) is 2.64. The molecule has 9 nitrogen and oxygen atoms in total. The first-order chi connectivity index (χ1) is 11.7. The van der Waals surface area contributed by atoms with Crippen LogP contribution in [-0.2, 0) is 11.3 Å². The molecule has 1 saturated heterocycles. The van der Waals surface area contributed by atoms with Gasteiger partial charge >= 0.3 is 0 Å². The highest BCUT2D eigenvalue weighted by atomic mass is 16.5. The number of aryl methyl sites for hydroxylation is 1. The molecule has 24 heavy (non-hydrogen) atoms. The van der Waals surface area contributed by atoms with E-state index in [0.29, 0.717) is 36.6 Å². The van der Waals surface area contributed by atoms with Crippen LogP contribution in [0.3, 0.4) is 0 Å². The van der Waals surface area contributed by atoms with Crippen molar-refractivity contribution in [2.45, 2.75) is 38.8 Å². The van der Waals surface area contributed by atoms with Gasteiger partial charge in [-0.1, -0.05) is 5.16 Å².